The molecule has 0 spiro atoms. The van der Waals surface area contributed by atoms with E-state index in [2.05, 4.69) is 10.1 Å². The van der Waals surface area contributed by atoms with E-state index in [9.17, 15) is 14.4 Å². The molecule has 1 unspecified atom stereocenters. The van der Waals surface area contributed by atoms with Gasteiger partial charge < -0.3 is 14.0 Å². The van der Waals surface area contributed by atoms with Gasteiger partial charge in [-0.3, -0.25) is 14.6 Å². The summed E-state index contributed by atoms with van der Waals surface area (Å²) < 4.78 is 17.1. The standard InChI is InChI=1S/C20H20N5O6/c1-23-18-17(19(27)24(2)20(23)28)25(11-21-18)9-16(26)30-10-13-8-15(31-22-13)12-4-6-14(29-3)7-5-12/h4-8,11,17H,9-10H2,1-3H3/q+1. The highest BCUT2D eigenvalue weighted by Gasteiger charge is 2.50. The molecule has 2 aliphatic rings. The zero-order valence-corrected chi connectivity index (χ0v) is 17.1. The number of aliphatic imine (C=N–C) groups is 1. The van der Waals surface area contributed by atoms with E-state index in [1.165, 1.54) is 29.9 Å². The Bertz CT molecular complexity index is 1100. The Morgan fingerprint density at radius 2 is 1.94 bits per heavy atom. The summed E-state index contributed by atoms with van der Waals surface area (Å²) in [4.78, 5) is 43.2. The highest BCUT2D eigenvalue weighted by molar-refractivity contribution is 6.21. The van der Waals surface area contributed by atoms with Crippen molar-refractivity contribution in [2.24, 2.45) is 4.99 Å². The highest BCUT2D eigenvalue weighted by Crippen LogP contribution is 2.23. The second kappa shape index (κ2) is 8.01. The van der Waals surface area contributed by atoms with Gasteiger partial charge in [0.15, 0.2) is 12.3 Å². The lowest BCUT2D eigenvalue weighted by Gasteiger charge is -2.30. The van der Waals surface area contributed by atoms with Gasteiger partial charge in [0.25, 0.3) is 24.1 Å². The summed E-state index contributed by atoms with van der Waals surface area (Å²) in [6, 6.07) is 7.63. The molecule has 1 aromatic carbocycles. The number of benzene rings is 1. The fraction of sp³-hybridized carbons (Fsp3) is 0.300. The van der Waals surface area contributed by atoms with Gasteiger partial charge >= 0.3 is 12.0 Å². The van der Waals surface area contributed by atoms with Crippen molar-refractivity contribution >= 4 is 30.1 Å². The molecule has 1 aromatic heterocycles. The predicted octanol–water partition coefficient (Wildman–Crippen LogP) is 0.739. The molecule has 11 nitrogen and oxygen atoms in total. The van der Waals surface area contributed by atoms with E-state index >= 15 is 0 Å². The number of carbonyl (C=O) groups excluding carboxylic acids is 3. The number of amidine groups is 1. The average molecular weight is 426 g/mol. The summed E-state index contributed by atoms with van der Waals surface area (Å²) in [6.45, 7) is -0.292. The van der Waals surface area contributed by atoms with Crippen molar-refractivity contribution in [1.82, 2.24) is 15.0 Å². The average Bonchev–Trinajstić information content (AvgIpc) is 3.42. The molecule has 2 aliphatic heterocycles. The first-order chi connectivity index (χ1) is 14.9. The molecule has 11 heteroatoms. The second-order valence-corrected chi connectivity index (χ2v) is 6.99. The lowest BCUT2D eigenvalue weighted by atomic mass is 10.1. The van der Waals surface area contributed by atoms with Crippen molar-refractivity contribution < 1.29 is 33.0 Å². The summed E-state index contributed by atoms with van der Waals surface area (Å²) >= 11 is 0. The van der Waals surface area contributed by atoms with Gasteiger partial charge in [-0.15, -0.1) is 0 Å². The lowest BCUT2D eigenvalue weighted by molar-refractivity contribution is -0.521. The summed E-state index contributed by atoms with van der Waals surface area (Å²) in [5.74, 6) is 0.506. The molecule has 1 saturated heterocycles. The minimum Gasteiger partial charge on any atom is -0.497 e. The number of amides is 3. The molecule has 4 rings (SSSR count). The molecule has 31 heavy (non-hydrogen) atoms. The van der Waals surface area contributed by atoms with Crippen molar-refractivity contribution in [2.45, 2.75) is 12.6 Å². The predicted molar refractivity (Wildman–Crippen MR) is 107 cm³/mol. The van der Waals surface area contributed by atoms with E-state index in [4.69, 9.17) is 14.0 Å². The quantitative estimate of drug-likeness (QED) is 0.494. The molecule has 0 saturated carbocycles. The molecule has 0 N–H and O–H groups in total. The first-order valence-electron chi connectivity index (χ1n) is 9.36. The zero-order chi connectivity index (χ0) is 22.1. The van der Waals surface area contributed by atoms with Crippen LogP contribution in [0.2, 0.25) is 0 Å². The van der Waals surface area contributed by atoms with Crippen LogP contribution in [-0.2, 0) is 20.9 Å². The van der Waals surface area contributed by atoms with Crippen LogP contribution in [0.15, 0.2) is 39.8 Å². The molecule has 0 radical (unpaired) electrons. The van der Waals surface area contributed by atoms with Crippen LogP contribution in [0.1, 0.15) is 5.69 Å². The van der Waals surface area contributed by atoms with Crippen LogP contribution >= 0.6 is 0 Å². The fourth-order valence-corrected chi connectivity index (χ4v) is 3.29. The van der Waals surface area contributed by atoms with Gasteiger partial charge in [0.1, 0.15) is 18.1 Å². The van der Waals surface area contributed by atoms with Crippen LogP contribution in [0.5, 0.6) is 5.75 Å². The number of esters is 1. The number of imide groups is 1. The van der Waals surface area contributed by atoms with Crippen molar-refractivity contribution in [3.8, 4) is 17.1 Å². The molecule has 160 valence electrons. The first kappa shape index (κ1) is 20.3. The van der Waals surface area contributed by atoms with Crippen LogP contribution in [0, 0.1) is 0 Å². The van der Waals surface area contributed by atoms with Crippen LogP contribution in [0.25, 0.3) is 11.3 Å². The summed E-state index contributed by atoms with van der Waals surface area (Å²) in [5.41, 5.74) is 1.25. The molecule has 3 heterocycles. The third-order valence-corrected chi connectivity index (χ3v) is 5.02. The van der Waals surface area contributed by atoms with Crippen LogP contribution < -0.4 is 4.74 Å². The molecule has 0 bridgehead atoms. The van der Waals surface area contributed by atoms with Gasteiger partial charge in [0.05, 0.1) is 7.11 Å². The van der Waals surface area contributed by atoms with Crippen LogP contribution in [0.4, 0.5) is 4.79 Å². The Morgan fingerprint density at radius 1 is 1.19 bits per heavy atom. The maximum Gasteiger partial charge on any atom is 0.348 e. The number of ether oxygens (including phenoxy) is 2. The molecule has 3 amide bonds. The summed E-state index contributed by atoms with van der Waals surface area (Å²) in [6.07, 6.45) is 1.36. The first-order valence-corrected chi connectivity index (χ1v) is 9.36. The van der Waals surface area contributed by atoms with Crippen molar-refractivity contribution in [1.29, 1.82) is 0 Å². The monoisotopic (exact) mass is 426 g/mol. The number of aromatic nitrogens is 1. The molecule has 1 atom stereocenters. The van der Waals surface area contributed by atoms with Gasteiger partial charge in [-0.2, -0.15) is 0 Å². The van der Waals surface area contributed by atoms with Crippen molar-refractivity contribution in [3.05, 3.63) is 36.0 Å². The largest absolute Gasteiger partial charge is 0.497 e. The van der Waals surface area contributed by atoms with E-state index in [-0.39, 0.29) is 19.0 Å². The Kier molecular flexibility index (Phi) is 5.24. The SMILES string of the molecule is COc1ccc(-c2cc(COC(=O)C[N+]3=CN=C4C3C(=O)N(C)C(=O)N4C)no2)cc1. The van der Waals surface area contributed by atoms with Gasteiger partial charge in [0.2, 0.25) is 0 Å². The number of hydrogen-bond acceptors (Lipinski definition) is 8. The molecular formula is C20H20N5O6+. The number of hydrogen-bond donors (Lipinski definition) is 0. The minimum absolute atomic E-state index is 0.0864. The summed E-state index contributed by atoms with van der Waals surface area (Å²) in [7, 11) is 4.50. The van der Waals surface area contributed by atoms with E-state index < -0.39 is 23.9 Å². The third kappa shape index (κ3) is 3.77. The highest BCUT2D eigenvalue weighted by atomic mass is 16.5. The Morgan fingerprint density at radius 3 is 2.65 bits per heavy atom. The normalized spacial score (nSPS) is 18.0. The van der Waals surface area contributed by atoms with Crippen LogP contribution in [0.3, 0.4) is 0 Å². The third-order valence-electron chi connectivity index (χ3n) is 5.02. The number of urea groups is 1. The van der Waals surface area contributed by atoms with E-state index in [1.807, 2.05) is 12.1 Å². The number of rotatable bonds is 6. The number of fused-ring (bicyclic) bond motifs is 1. The van der Waals surface area contributed by atoms with Gasteiger partial charge in [-0.1, -0.05) is 5.16 Å². The smallest absolute Gasteiger partial charge is 0.348 e. The zero-order valence-electron chi connectivity index (χ0n) is 17.1. The maximum atomic E-state index is 12.5. The van der Waals surface area contributed by atoms with Crippen LogP contribution in [-0.4, -0.2) is 83.4 Å². The lowest BCUT2D eigenvalue weighted by Crippen LogP contribution is -2.61. The number of carbonyl (C=O) groups is 3. The van der Waals surface area contributed by atoms with Gasteiger partial charge in [-0.25, -0.2) is 14.2 Å². The summed E-state index contributed by atoms with van der Waals surface area (Å²) in [5, 5.41) is 3.91. The Labute approximate surface area is 177 Å². The van der Waals surface area contributed by atoms with E-state index in [1.54, 1.807) is 25.3 Å². The number of nitrogens with zero attached hydrogens (tertiary/aromatic N) is 5. The van der Waals surface area contributed by atoms with Gasteiger partial charge in [-0.05, 0) is 29.3 Å². The van der Waals surface area contributed by atoms with E-state index in [0.29, 0.717) is 11.5 Å². The Balaban J connectivity index is 1.35. The Hall–Kier alpha value is -4.02. The second-order valence-electron chi connectivity index (χ2n) is 6.99. The maximum absolute atomic E-state index is 12.5. The number of likely N-dealkylation sites (N-methyl/N-ethyl adjacent to an activating group) is 2. The van der Waals surface area contributed by atoms with Gasteiger partial charge in [0, 0.05) is 25.7 Å². The number of methoxy groups -OCH3 is 1. The molecule has 0 aliphatic carbocycles. The molecule has 1 fully saturated rings. The van der Waals surface area contributed by atoms with E-state index in [0.717, 1.165) is 16.2 Å². The van der Waals surface area contributed by atoms with Crippen molar-refractivity contribution in [2.75, 3.05) is 27.7 Å². The molecular weight excluding hydrogens is 406 g/mol. The fourth-order valence-electron chi connectivity index (χ4n) is 3.29. The minimum atomic E-state index is -0.839. The van der Waals surface area contributed by atoms with Crippen molar-refractivity contribution in [3.63, 3.8) is 0 Å². The topological polar surface area (TPSA) is 118 Å². The molecule has 2 aromatic rings.